The summed E-state index contributed by atoms with van der Waals surface area (Å²) in [5, 5.41) is 6.84. The Balaban J connectivity index is 1.11. The molecule has 0 saturated carbocycles. The van der Waals surface area contributed by atoms with Crippen LogP contribution in [0.15, 0.2) is 185 Å². The number of hydrogen-bond acceptors (Lipinski definition) is 3. The number of furan rings is 2. The van der Waals surface area contributed by atoms with Crippen LogP contribution in [0, 0.1) is 0 Å². The third-order valence-corrected chi connectivity index (χ3v) is 11.4. The lowest BCUT2D eigenvalue weighted by Crippen LogP contribution is -2.10. The molecular weight excluding hydrogens is 671 g/mol. The summed E-state index contributed by atoms with van der Waals surface area (Å²) in [6.07, 6.45) is 17.5. The van der Waals surface area contributed by atoms with Gasteiger partial charge in [-0.25, -0.2) is 0 Å². The van der Waals surface area contributed by atoms with Gasteiger partial charge in [-0.3, -0.25) is 0 Å². The van der Waals surface area contributed by atoms with Gasteiger partial charge in [0.2, 0.25) is 0 Å². The van der Waals surface area contributed by atoms with Crippen LogP contribution in [0.4, 0.5) is 17.1 Å². The quantitative estimate of drug-likeness (QED) is 0.172. The molecule has 7 aromatic carbocycles. The van der Waals surface area contributed by atoms with Crippen LogP contribution in [-0.4, -0.2) is 0 Å². The molecule has 0 bridgehead atoms. The molecule has 0 unspecified atom stereocenters. The average molecular weight is 708 g/mol. The highest BCUT2D eigenvalue weighted by atomic mass is 16.3. The fourth-order valence-corrected chi connectivity index (χ4v) is 8.66. The van der Waals surface area contributed by atoms with Crippen molar-refractivity contribution in [3.63, 3.8) is 0 Å². The van der Waals surface area contributed by atoms with Gasteiger partial charge in [0, 0.05) is 55.1 Å². The summed E-state index contributed by atoms with van der Waals surface area (Å²) in [6.45, 7) is 0. The SMILES string of the molecule is C1=CCCC(c2ccc(N(c3ccc(-c4cccc5c4oc4ccccc45)cc3)c3cc(C4=CC=CCC4)c4oc5c6ccccc6ccc5c4c3)cc2)=C1. The minimum Gasteiger partial charge on any atom is -0.455 e. The maximum Gasteiger partial charge on any atom is 0.143 e. The maximum absolute atomic E-state index is 6.90. The van der Waals surface area contributed by atoms with E-state index in [0.717, 1.165) is 109 Å². The van der Waals surface area contributed by atoms with Crippen LogP contribution in [0.5, 0.6) is 0 Å². The van der Waals surface area contributed by atoms with Crippen LogP contribution in [0.1, 0.15) is 36.8 Å². The van der Waals surface area contributed by atoms with Crippen molar-refractivity contribution < 1.29 is 8.83 Å². The molecule has 2 aliphatic rings. The van der Waals surface area contributed by atoms with E-state index in [-0.39, 0.29) is 0 Å². The summed E-state index contributed by atoms with van der Waals surface area (Å²) in [5.74, 6) is 0. The summed E-state index contributed by atoms with van der Waals surface area (Å²) in [7, 11) is 0. The lowest BCUT2D eigenvalue weighted by atomic mass is 9.94. The lowest BCUT2D eigenvalue weighted by Gasteiger charge is -2.27. The highest BCUT2D eigenvalue weighted by molar-refractivity contribution is 6.17. The van der Waals surface area contributed by atoms with Crippen LogP contribution in [0.2, 0.25) is 0 Å². The summed E-state index contributed by atoms with van der Waals surface area (Å²) in [5.41, 5.74) is 14.3. The molecule has 0 fully saturated rings. The third-order valence-electron chi connectivity index (χ3n) is 11.4. The molecule has 2 aromatic heterocycles. The third kappa shape index (κ3) is 5.34. The number of fused-ring (bicyclic) bond motifs is 8. The highest BCUT2D eigenvalue weighted by Crippen LogP contribution is 2.45. The Morgan fingerprint density at radius 2 is 1.07 bits per heavy atom. The molecule has 55 heavy (non-hydrogen) atoms. The second-order valence-corrected chi connectivity index (χ2v) is 14.7. The first-order chi connectivity index (χ1) is 27.3. The van der Waals surface area contributed by atoms with Gasteiger partial charge < -0.3 is 13.7 Å². The molecule has 2 aliphatic carbocycles. The van der Waals surface area contributed by atoms with Crippen molar-refractivity contribution in [3.8, 4) is 11.1 Å². The van der Waals surface area contributed by atoms with Crippen molar-refractivity contribution in [3.05, 3.63) is 187 Å². The van der Waals surface area contributed by atoms with E-state index in [4.69, 9.17) is 8.83 Å². The number of para-hydroxylation sites is 2. The van der Waals surface area contributed by atoms with E-state index >= 15 is 0 Å². The van der Waals surface area contributed by atoms with Crippen molar-refractivity contribution in [2.24, 2.45) is 0 Å². The molecule has 3 nitrogen and oxygen atoms in total. The number of anilines is 3. The predicted octanol–water partition coefficient (Wildman–Crippen LogP) is 15.2. The van der Waals surface area contributed by atoms with Gasteiger partial charge in [0.1, 0.15) is 22.3 Å². The molecule has 9 aromatic rings. The van der Waals surface area contributed by atoms with Crippen molar-refractivity contribution in [1.82, 2.24) is 0 Å². The van der Waals surface area contributed by atoms with Crippen molar-refractivity contribution in [2.45, 2.75) is 25.7 Å². The summed E-state index contributed by atoms with van der Waals surface area (Å²) < 4.78 is 13.3. The predicted molar refractivity (Wildman–Crippen MR) is 231 cm³/mol. The molecule has 0 saturated heterocycles. The van der Waals surface area contributed by atoms with Gasteiger partial charge in [-0.05, 0) is 102 Å². The summed E-state index contributed by atoms with van der Waals surface area (Å²) in [4.78, 5) is 2.40. The number of nitrogens with zero attached hydrogens (tertiary/aromatic N) is 1. The Hall–Kier alpha value is -6.84. The van der Waals surface area contributed by atoms with Gasteiger partial charge in [0.05, 0.1) is 0 Å². The van der Waals surface area contributed by atoms with Gasteiger partial charge in [-0.15, -0.1) is 0 Å². The molecule has 3 heteroatoms. The van der Waals surface area contributed by atoms with Crippen LogP contribution < -0.4 is 4.90 Å². The second kappa shape index (κ2) is 12.9. The fraction of sp³-hybridized carbons (Fsp3) is 0.0769. The van der Waals surface area contributed by atoms with Gasteiger partial charge in [-0.1, -0.05) is 127 Å². The first kappa shape index (κ1) is 31.7. The van der Waals surface area contributed by atoms with Crippen LogP contribution in [0.3, 0.4) is 0 Å². The molecule has 0 aliphatic heterocycles. The molecular formula is C52H37NO2. The molecule has 11 rings (SSSR count). The molecule has 262 valence electrons. The van der Waals surface area contributed by atoms with E-state index in [2.05, 4.69) is 169 Å². The Bertz CT molecular complexity index is 3080. The van der Waals surface area contributed by atoms with E-state index in [0.29, 0.717) is 0 Å². The number of rotatable bonds is 6. The Morgan fingerprint density at radius 1 is 0.418 bits per heavy atom. The van der Waals surface area contributed by atoms with E-state index in [1.54, 1.807) is 0 Å². The average Bonchev–Trinajstić information content (AvgIpc) is 3.84. The summed E-state index contributed by atoms with van der Waals surface area (Å²) >= 11 is 0. The molecule has 0 N–H and O–H groups in total. The normalized spacial score (nSPS) is 14.3. The monoisotopic (exact) mass is 707 g/mol. The zero-order valence-electron chi connectivity index (χ0n) is 30.3. The molecule has 0 amide bonds. The Labute approximate surface area is 319 Å². The smallest absolute Gasteiger partial charge is 0.143 e. The topological polar surface area (TPSA) is 29.5 Å². The minimum atomic E-state index is 0.908. The largest absolute Gasteiger partial charge is 0.455 e. The first-order valence-corrected chi connectivity index (χ1v) is 19.3. The first-order valence-electron chi connectivity index (χ1n) is 19.3. The lowest BCUT2D eigenvalue weighted by molar-refractivity contribution is 0.670. The summed E-state index contributed by atoms with van der Waals surface area (Å²) in [6, 6.07) is 50.4. The number of allylic oxidation sites excluding steroid dienone is 8. The molecule has 2 heterocycles. The Kier molecular flexibility index (Phi) is 7.44. The zero-order valence-corrected chi connectivity index (χ0v) is 30.3. The molecule has 0 atom stereocenters. The molecule has 0 radical (unpaired) electrons. The van der Waals surface area contributed by atoms with E-state index in [9.17, 15) is 0 Å². The van der Waals surface area contributed by atoms with Gasteiger partial charge in [0.15, 0.2) is 0 Å². The zero-order chi connectivity index (χ0) is 36.3. The van der Waals surface area contributed by atoms with Crippen molar-refractivity contribution in [2.75, 3.05) is 4.90 Å². The van der Waals surface area contributed by atoms with Crippen molar-refractivity contribution in [1.29, 1.82) is 0 Å². The minimum absolute atomic E-state index is 0.908. The molecule has 0 spiro atoms. The number of hydrogen-bond donors (Lipinski definition) is 0. The standard InChI is InChI=1S/C52H37NO2/c1-3-12-34(13-4-1)35-22-27-39(28-23-35)53(40-29-24-38(25-30-40)43-19-11-20-45-44-18-9-10-21-49(44)54-50(43)45)41-32-47(36-14-5-2-6-15-36)52-48(33-41)46-31-26-37-16-7-8-17-42(37)51(46)55-52/h1-3,5,7-12,14,16-33H,4,6,13,15H2. The van der Waals surface area contributed by atoms with E-state index in [1.807, 2.05) is 12.1 Å². The van der Waals surface area contributed by atoms with E-state index in [1.165, 1.54) is 22.1 Å². The second-order valence-electron chi connectivity index (χ2n) is 14.7. The van der Waals surface area contributed by atoms with Crippen LogP contribution in [-0.2, 0) is 0 Å². The van der Waals surface area contributed by atoms with Crippen LogP contribution in [0.25, 0.3) is 76.9 Å². The fourth-order valence-electron chi connectivity index (χ4n) is 8.66. The van der Waals surface area contributed by atoms with Crippen molar-refractivity contribution >= 4 is 82.9 Å². The van der Waals surface area contributed by atoms with Crippen LogP contribution >= 0.6 is 0 Å². The van der Waals surface area contributed by atoms with Gasteiger partial charge in [-0.2, -0.15) is 0 Å². The highest BCUT2D eigenvalue weighted by Gasteiger charge is 2.22. The van der Waals surface area contributed by atoms with Gasteiger partial charge in [0.25, 0.3) is 0 Å². The maximum atomic E-state index is 6.90. The number of benzene rings is 7. The van der Waals surface area contributed by atoms with Gasteiger partial charge >= 0.3 is 0 Å². The Morgan fingerprint density at radius 3 is 1.84 bits per heavy atom. The van der Waals surface area contributed by atoms with E-state index < -0.39 is 0 Å².